The minimum atomic E-state index is -1.01. The Bertz CT molecular complexity index is 1180. The maximum absolute atomic E-state index is 14.6. The van der Waals surface area contributed by atoms with Gasteiger partial charge in [0.15, 0.2) is 0 Å². The highest BCUT2D eigenvalue weighted by Gasteiger charge is 2.74. The number of anilines is 1. The molecule has 4 aliphatic heterocycles. The van der Waals surface area contributed by atoms with Crippen LogP contribution in [0.25, 0.3) is 0 Å². The first-order valence-electron chi connectivity index (χ1n) is 12.8. The lowest BCUT2D eigenvalue weighted by molar-refractivity contribution is -0.154. The zero-order chi connectivity index (χ0) is 26.7. The molecule has 0 aromatic heterocycles. The summed E-state index contributed by atoms with van der Waals surface area (Å²) in [6.45, 7) is 7.95. The number of halogens is 1. The number of likely N-dealkylation sites (tertiary alicyclic amines) is 1. The minimum Gasteiger partial charge on any atom is -0.465 e. The Balaban J connectivity index is 1.72. The number of para-hydroxylation sites is 1. The van der Waals surface area contributed by atoms with E-state index in [1.54, 1.807) is 15.9 Å². The van der Waals surface area contributed by atoms with Crippen LogP contribution in [-0.4, -0.2) is 69.1 Å². The Morgan fingerprint density at radius 3 is 2.59 bits per heavy atom. The molecule has 9 heteroatoms. The molecular formula is C28H33ClN2O5S. The largest absolute Gasteiger partial charge is 0.465 e. The van der Waals surface area contributed by atoms with Gasteiger partial charge >= 0.3 is 5.97 Å². The van der Waals surface area contributed by atoms with Crippen molar-refractivity contribution in [1.82, 2.24) is 4.90 Å². The van der Waals surface area contributed by atoms with Crippen LogP contribution in [0.1, 0.15) is 32.8 Å². The van der Waals surface area contributed by atoms with E-state index in [1.165, 1.54) is 11.8 Å². The van der Waals surface area contributed by atoms with Gasteiger partial charge in [0.25, 0.3) is 5.91 Å². The normalized spacial score (nSPS) is 34.0. The van der Waals surface area contributed by atoms with Gasteiger partial charge in [0, 0.05) is 11.3 Å². The average molecular weight is 545 g/mol. The number of hydrogen-bond donors (Lipinski definition) is 1. The first-order chi connectivity index (χ1) is 17.6. The number of hydrogen-bond acceptors (Lipinski definition) is 6. The Kier molecular flexibility index (Phi) is 6.74. The van der Waals surface area contributed by atoms with Gasteiger partial charge in [0.05, 0.1) is 46.5 Å². The number of aliphatic hydroxyl groups excluding tert-OH is 1. The van der Waals surface area contributed by atoms with E-state index in [0.717, 1.165) is 5.56 Å². The summed E-state index contributed by atoms with van der Waals surface area (Å²) in [6, 6.07) is 3.98. The maximum Gasteiger partial charge on any atom is 0.311 e. The van der Waals surface area contributed by atoms with E-state index in [2.05, 4.69) is 0 Å². The smallest absolute Gasteiger partial charge is 0.311 e. The number of amides is 2. The summed E-state index contributed by atoms with van der Waals surface area (Å²) in [6.07, 6.45) is 8.48. The average Bonchev–Trinajstić information content (AvgIpc) is 3.15. The molecule has 0 saturated carbocycles. The number of aryl methyl sites for hydroxylation is 1. The second kappa shape index (κ2) is 9.47. The highest BCUT2D eigenvalue weighted by Crippen LogP contribution is 2.65. The third kappa shape index (κ3) is 3.86. The van der Waals surface area contributed by atoms with Crippen molar-refractivity contribution in [3.05, 3.63) is 53.1 Å². The molecule has 1 unspecified atom stereocenters. The molecule has 198 valence electrons. The van der Waals surface area contributed by atoms with Crippen molar-refractivity contribution in [1.29, 1.82) is 0 Å². The molecular weight excluding hydrogens is 512 g/mol. The first-order valence-corrected chi connectivity index (χ1v) is 14.0. The number of rotatable bonds is 4. The number of aliphatic hydroxyl groups is 1. The van der Waals surface area contributed by atoms with Crippen LogP contribution in [0.15, 0.2) is 42.5 Å². The number of fused-ring (bicyclic) bond motifs is 2. The Morgan fingerprint density at radius 2 is 1.92 bits per heavy atom. The SMILES string of the molecule is Cc1cccc(Cl)c1N1CC=C[C@]23S[C@]4(C)C=CCCOC(=O)[C@@H]4[C@H]2C(=O)N([C@@H](CO)C(C)C)C3C1=O. The van der Waals surface area contributed by atoms with E-state index in [4.69, 9.17) is 16.3 Å². The number of carbonyl (C=O) groups is 3. The van der Waals surface area contributed by atoms with Crippen LogP contribution in [0.3, 0.4) is 0 Å². The summed E-state index contributed by atoms with van der Waals surface area (Å²) < 4.78 is 3.85. The first kappa shape index (κ1) is 26.3. The van der Waals surface area contributed by atoms with Crippen molar-refractivity contribution in [2.45, 2.75) is 55.7 Å². The molecule has 5 rings (SSSR count). The summed E-state index contributed by atoms with van der Waals surface area (Å²) in [5.74, 6) is -2.64. The van der Waals surface area contributed by atoms with E-state index in [-0.39, 0.29) is 37.5 Å². The highest BCUT2D eigenvalue weighted by molar-refractivity contribution is 8.02. The number of thioether (sulfide) groups is 1. The zero-order valence-corrected chi connectivity index (χ0v) is 23.1. The standard InChI is InChI=1S/C28H33ClN2O5S/c1-16(2)19(15-32)31-23-25(34)30(22-17(3)9-7-10-18(22)29)13-8-12-28(23)20(24(31)33)21-26(35)36-14-6-5-11-27(21,4)37-28/h5,7-12,16,19-21,23,32H,6,13-15H2,1-4H3/t19-,20-,21-,23?,27+,28-/m0/s1. The molecule has 1 N–H and O–H groups in total. The van der Waals surface area contributed by atoms with Crippen molar-refractivity contribution >= 4 is 46.8 Å². The molecule has 0 bridgehead atoms. The molecule has 0 aliphatic carbocycles. The summed E-state index contributed by atoms with van der Waals surface area (Å²) in [4.78, 5) is 45.6. The second-order valence-corrected chi connectivity index (χ2v) is 13.0. The third-order valence-electron chi connectivity index (χ3n) is 8.23. The molecule has 6 atom stereocenters. The lowest BCUT2D eigenvalue weighted by Crippen LogP contribution is -2.58. The van der Waals surface area contributed by atoms with E-state index in [0.29, 0.717) is 17.1 Å². The Morgan fingerprint density at radius 1 is 1.16 bits per heavy atom. The second-order valence-electron chi connectivity index (χ2n) is 10.9. The lowest BCUT2D eigenvalue weighted by atomic mass is 9.74. The fourth-order valence-corrected chi connectivity index (χ4v) is 9.03. The van der Waals surface area contributed by atoms with Crippen molar-refractivity contribution in [3.8, 4) is 0 Å². The fourth-order valence-electron chi connectivity index (χ4n) is 6.57. The highest BCUT2D eigenvalue weighted by atomic mass is 35.5. The van der Waals surface area contributed by atoms with Crippen molar-refractivity contribution in [3.63, 3.8) is 0 Å². The van der Waals surface area contributed by atoms with Gasteiger partial charge in [-0.1, -0.05) is 61.9 Å². The van der Waals surface area contributed by atoms with Gasteiger partial charge in [-0.25, -0.2) is 0 Å². The number of carbonyl (C=O) groups excluding carboxylic acids is 3. The van der Waals surface area contributed by atoms with Gasteiger partial charge in [-0.2, -0.15) is 0 Å². The summed E-state index contributed by atoms with van der Waals surface area (Å²) in [7, 11) is 0. The maximum atomic E-state index is 14.6. The molecule has 7 nitrogen and oxygen atoms in total. The molecule has 0 radical (unpaired) electrons. The van der Waals surface area contributed by atoms with Crippen LogP contribution in [0.4, 0.5) is 5.69 Å². The number of ether oxygens (including phenoxy) is 1. The van der Waals surface area contributed by atoms with Crippen LogP contribution in [0.5, 0.6) is 0 Å². The summed E-state index contributed by atoms with van der Waals surface area (Å²) in [5, 5.41) is 10.9. The van der Waals surface area contributed by atoms with E-state index in [9.17, 15) is 19.5 Å². The van der Waals surface area contributed by atoms with Gasteiger partial charge in [-0.3, -0.25) is 14.4 Å². The van der Waals surface area contributed by atoms with Gasteiger partial charge < -0.3 is 19.6 Å². The summed E-state index contributed by atoms with van der Waals surface area (Å²) in [5.41, 5.74) is 1.45. The fraction of sp³-hybridized carbons (Fsp3) is 0.536. The Labute approximate surface area is 226 Å². The summed E-state index contributed by atoms with van der Waals surface area (Å²) >= 11 is 8.10. The molecule has 1 aromatic carbocycles. The lowest BCUT2D eigenvalue weighted by Gasteiger charge is -2.41. The molecule has 1 spiro atoms. The van der Waals surface area contributed by atoms with Crippen LogP contribution in [-0.2, 0) is 19.1 Å². The van der Waals surface area contributed by atoms with Crippen LogP contribution in [0, 0.1) is 24.7 Å². The number of benzene rings is 1. The molecule has 4 heterocycles. The topological polar surface area (TPSA) is 87.2 Å². The van der Waals surface area contributed by atoms with Gasteiger partial charge in [0.1, 0.15) is 6.04 Å². The number of esters is 1. The van der Waals surface area contributed by atoms with E-state index < -0.39 is 39.4 Å². The zero-order valence-electron chi connectivity index (χ0n) is 21.5. The van der Waals surface area contributed by atoms with Crippen molar-refractivity contribution in [2.24, 2.45) is 17.8 Å². The van der Waals surface area contributed by atoms with Crippen LogP contribution >= 0.6 is 23.4 Å². The molecule has 2 amide bonds. The van der Waals surface area contributed by atoms with Gasteiger partial charge in [-0.15, -0.1) is 11.8 Å². The van der Waals surface area contributed by atoms with Crippen molar-refractivity contribution in [2.75, 3.05) is 24.7 Å². The minimum absolute atomic E-state index is 0.110. The third-order valence-corrected chi connectivity index (χ3v) is 10.3. The Hall–Kier alpha value is -2.29. The van der Waals surface area contributed by atoms with E-state index in [1.807, 2.05) is 64.1 Å². The number of cyclic esters (lactones) is 1. The van der Waals surface area contributed by atoms with Crippen molar-refractivity contribution < 1.29 is 24.2 Å². The molecule has 1 aromatic rings. The van der Waals surface area contributed by atoms with Gasteiger partial charge in [-0.05, 0) is 37.8 Å². The van der Waals surface area contributed by atoms with Gasteiger partial charge in [0.2, 0.25) is 5.91 Å². The van der Waals surface area contributed by atoms with Crippen LogP contribution in [0.2, 0.25) is 5.02 Å². The molecule has 37 heavy (non-hydrogen) atoms. The quantitative estimate of drug-likeness (QED) is 0.459. The monoisotopic (exact) mass is 544 g/mol. The predicted octanol–water partition coefficient (Wildman–Crippen LogP) is 3.76. The molecule has 4 aliphatic rings. The molecule has 2 fully saturated rings. The number of nitrogens with zero attached hydrogens (tertiary/aromatic N) is 2. The van der Waals surface area contributed by atoms with Crippen LogP contribution < -0.4 is 4.90 Å². The molecule has 2 saturated heterocycles. The van der Waals surface area contributed by atoms with E-state index >= 15 is 0 Å². The predicted molar refractivity (Wildman–Crippen MR) is 144 cm³/mol.